The van der Waals surface area contributed by atoms with Crippen LogP contribution in [0.25, 0.3) is 10.4 Å². The van der Waals surface area contributed by atoms with Crippen molar-refractivity contribution in [2.75, 3.05) is 10.2 Å². The van der Waals surface area contributed by atoms with Crippen molar-refractivity contribution in [3.63, 3.8) is 0 Å². The van der Waals surface area contributed by atoms with E-state index in [0.717, 1.165) is 39.8 Å². The second-order valence-electron chi connectivity index (χ2n) is 9.35. The molecule has 4 aromatic carbocycles. The lowest BCUT2D eigenvalue weighted by Crippen LogP contribution is -2.11. The number of carbonyl (C=O) groups is 1. The normalized spacial score (nSPS) is 12.0. The minimum Gasteiger partial charge on any atom is -0.362 e. The Morgan fingerprint density at radius 2 is 1.16 bits per heavy atom. The van der Waals surface area contributed by atoms with Crippen LogP contribution in [0.1, 0.15) is 20.8 Å². The number of alkyl halides is 6. The van der Waals surface area contributed by atoms with E-state index in [1.807, 2.05) is 84.9 Å². The minimum atomic E-state index is -4.97. The summed E-state index contributed by atoms with van der Waals surface area (Å²) in [6, 6.07) is 32.2. The highest BCUT2D eigenvalue weighted by Gasteiger charge is 2.36. The number of allylic oxidation sites excluding steroid dienone is 1. The van der Waals surface area contributed by atoms with Crippen molar-refractivity contribution in [1.29, 1.82) is 0 Å². The van der Waals surface area contributed by atoms with E-state index in [2.05, 4.69) is 10.2 Å². The number of anilines is 4. The lowest BCUT2D eigenvalue weighted by Gasteiger charge is -2.25. The highest BCUT2D eigenvalue weighted by molar-refractivity contribution is 7.17. The lowest BCUT2D eigenvalue weighted by molar-refractivity contribution is -0.143. The number of hydrogen-bond acceptors (Lipinski definition) is 4. The lowest BCUT2D eigenvalue weighted by atomic mass is 10.1. The number of ketones is 1. The van der Waals surface area contributed by atoms with Crippen LogP contribution in [0.2, 0.25) is 0 Å². The summed E-state index contributed by atoms with van der Waals surface area (Å²) in [5.41, 5.74) is 0.448. The Morgan fingerprint density at radius 3 is 1.67 bits per heavy atom. The van der Waals surface area contributed by atoms with Gasteiger partial charge in [0.05, 0.1) is 16.0 Å². The van der Waals surface area contributed by atoms with E-state index >= 15 is 0 Å². The summed E-state index contributed by atoms with van der Waals surface area (Å²) in [5, 5.41) is 2.35. The smallest absolute Gasteiger partial charge is 0.362 e. The highest BCUT2D eigenvalue weighted by Crippen LogP contribution is 2.38. The van der Waals surface area contributed by atoms with Crippen LogP contribution in [0.3, 0.4) is 0 Å². The van der Waals surface area contributed by atoms with Crippen LogP contribution in [0.4, 0.5) is 49.1 Å². The molecule has 0 saturated heterocycles. The predicted molar refractivity (Wildman–Crippen MR) is 158 cm³/mol. The van der Waals surface area contributed by atoms with Crippen LogP contribution in [0.15, 0.2) is 128 Å². The van der Waals surface area contributed by atoms with Gasteiger partial charge in [-0.15, -0.1) is 11.3 Å². The molecule has 43 heavy (non-hydrogen) atoms. The third kappa shape index (κ3) is 7.15. The van der Waals surface area contributed by atoms with Crippen LogP contribution in [0.5, 0.6) is 0 Å². The molecular weight excluding hydrogens is 586 g/mol. The fourth-order valence-corrected chi connectivity index (χ4v) is 5.27. The van der Waals surface area contributed by atoms with Gasteiger partial charge < -0.3 is 10.2 Å². The summed E-state index contributed by atoms with van der Waals surface area (Å²) in [5.74, 6) is -0.456. The molecule has 10 heteroatoms. The molecule has 0 saturated carbocycles. The van der Waals surface area contributed by atoms with Crippen molar-refractivity contribution >= 4 is 39.9 Å². The van der Waals surface area contributed by atoms with Crippen molar-refractivity contribution in [1.82, 2.24) is 0 Å². The largest absolute Gasteiger partial charge is 0.416 e. The molecular formula is C33H22F6N2OS. The number of halogens is 6. The summed E-state index contributed by atoms with van der Waals surface area (Å²) in [7, 11) is 0. The fraction of sp³-hybridized carbons (Fsp3) is 0.0606. The molecule has 218 valence electrons. The second kappa shape index (κ2) is 12.2. The van der Waals surface area contributed by atoms with Crippen molar-refractivity contribution in [2.24, 2.45) is 0 Å². The van der Waals surface area contributed by atoms with Crippen LogP contribution >= 0.6 is 11.3 Å². The average Bonchev–Trinajstić information content (AvgIpc) is 3.48. The first kappa shape index (κ1) is 29.7. The molecule has 0 aliphatic heterocycles. The molecule has 0 bridgehead atoms. The van der Waals surface area contributed by atoms with Gasteiger partial charge >= 0.3 is 12.4 Å². The van der Waals surface area contributed by atoms with Gasteiger partial charge in [-0.05, 0) is 72.3 Å². The van der Waals surface area contributed by atoms with Gasteiger partial charge in [0, 0.05) is 39.9 Å². The van der Waals surface area contributed by atoms with Crippen LogP contribution in [-0.2, 0) is 12.4 Å². The molecule has 0 aliphatic carbocycles. The van der Waals surface area contributed by atoms with Gasteiger partial charge in [-0.25, -0.2) is 0 Å². The molecule has 5 aromatic rings. The number of nitrogens with one attached hydrogen (secondary N) is 1. The van der Waals surface area contributed by atoms with Crippen LogP contribution < -0.4 is 10.2 Å². The van der Waals surface area contributed by atoms with Crippen molar-refractivity contribution in [3.8, 4) is 10.4 Å². The number of thiophene rings is 1. The van der Waals surface area contributed by atoms with Gasteiger partial charge in [0.25, 0.3) is 0 Å². The van der Waals surface area contributed by atoms with E-state index in [-0.39, 0.29) is 6.07 Å². The predicted octanol–water partition coefficient (Wildman–Crippen LogP) is 10.7. The monoisotopic (exact) mass is 608 g/mol. The SMILES string of the molecule is O=C(/C=C\Nc1cc(C(F)(F)F)cc(C(F)(F)F)c1)c1ccc(-c2ccc(N(c3ccccc3)c3ccccc3)cc2)s1. The van der Waals surface area contributed by atoms with Gasteiger partial charge in [0.15, 0.2) is 5.78 Å². The van der Waals surface area contributed by atoms with Crippen LogP contribution in [0, 0.1) is 0 Å². The molecule has 0 radical (unpaired) electrons. The molecule has 0 amide bonds. The van der Waals surface area contributed by atoms with E-state index in [1.54, 1.807) is 12.1 Å². The Balaban J connectivity index is 1.31. The number of rotatable bonds is 8. The molecule has 0 fully saturated rings. The first-order valence-corrected chi connectivity index (χ1v) is 13.7. The third-order valence-corrected chi connectivity index (χ3v) is 7.51. The minimum absolute atomic E-state index is 0.0423. The molecule has 0 atom stereocenters. The number of benzene rings is 4. The number of para-hydroxylation sites is 2. The van der Waals surface area contributed by atoms with E-state index in [4.69, 9.17) is 0 Å². The maximum Gasteiger partial charge on any atom is 0.416 e. The topological polar surface area (TPSA) is 32.3 Å². The van der Waals surface area contributed by atoms with Gasteiger partial charge in [-0.2, -0.15) is 26.3 Å². The second-order valence-corrected chi connectivity index (χ2v) is 10.4. The summed E-state index contributed by atoms with van der Waals surface area (Å²) < 4.78 is 78.6. The zero-order valence-corrected chi connectivity index (χ0v) is 23.0. The fourth-order valence-electron chi connectivity index (χ4n) is 4.34. The number of hydrogen-bond donors (Lipinski definition) is 1. The van der Waals surface area contributed by atoms with E-state index in [1.165, 1.54) is 11.3 Å². The highest BCUT2D eigenvalue weighted by atomic mass is 32.1. The number of carbonyl (C=O) groups excluding carboxylic acids is 1. The third-order valence-electron chi connectivity index (χ3n) is 6.36. The average molecular weight is 609 g/mol. The summed E-state index contributed by atoms with van der Waals surface area (Å²) >= 11 is 1.22. The van der Waals surface area contributed by atoms with E-state index in [0.29, 0.717) is 17.0 Å². The van der Waals surface area contributed by atoms with Gasteiger partial charge in [-0.3, -0.25) is 4.79 Å². The van der Waals surface area contributed by atoms with Gasteiger partial charge in [-0.1, -0.05) is 48.5 Å². The first-order valence-electron chi connectivity index (χ1n) is 12.9. The van der Waals surface area contributed by atoms with Crippen molar-refractivity contribution in [2.45, 2.75) is 12.4 Å². The molecule has 1 aromatic heterocycles. The zero-order chi connectivity index (χ0) is 30.6. The first-order chi connectivity index (χ1) is 20.5. The molecule has 1 N–H and O–H groups in total. The summed E-state index contributed by atoms with van der Waals surface area (Å²) in [4.78, 5) is 16.0. The Bertz CT molecular complexity index is 1660. The van der Waals surface area contributed by atoms with Gasteiger partial charge in [0.1, 0.15) is 0 Å². The molecule has 1 heterocycles. The molecule has 3 nitrogen and oxygen atoms in total. The molecule has 0 spiro atoms. The summed E-state index contributed by atoms with van der Waals surface area (Å²) in [6.07, 6.45) is -7.86. The Labute approximate surface area is 247 Å². The maximum atomic E-state index is 13.1. The van der Waals surface area contributed by atoms with E-state index < -0.39 is 35.0 Å². The summed E-state index contributed by atoms with van der Waals surface area (Å²) in [6.45, 7) is 0. The molecule has 5 rings (SSSR count). The Kier molecular flexibility index (Phi) is 8.40. The Morgan fingerprint density at radius 1 is 0.651 bits per heavy atom. The van der Waals surface area contributed by atoms with E-state index in [9.17, 15) is 31.1 Å². The van der Waals surface area contributed by atoms with Crippen molar-refractivity contribution in [3.05, 3.63) is 144 Å². The van der Waals surface area contributed by atoms with Crippen molar-refractivity contribution < 1.29 is 31.1 Å². The zero-order valence-electron chi connectivity index (χ0n) is 22.2. The molecule has 0 unspecified atom stereocenters. The van der Waals surface area contributed by atoms with Gasteiger partial charge in [0.2, 0.25) is 0 Å². The number of nitrogens with zero attached hydrogens (tertiary/aromatic N) is 1. The maximum absolute atomic E-state index is 13.1. The quantitative estimate of drug-likeness (QED) is 0.108. The molecule has 0 aliphatic rings. The standard InChI is InChI=1S/C33H22F6N2OS/c34-32(35,36)23-19-24(33(37,38)39)21-25(20-23)40-18-17-29(42)31-16-15-30(43-31)22-11-13-28(14-12-22)41(26-7-3-1-4-8-26)27-9-5-2-6-10-27/h1-21,40H/b18-17-. The Hall–Kier alpha value is -4.83. The van der Waals surface area contributed by atoms with Crippen LogP contribution in [-0.4, -0.2) is 5.78 Å².